The second-order valence-electron chi connectivity index (χ2n) is 4.11. The number of nitrogens with one attached hydrogen (secondary N) is 1. The zero-order chi connectivity index (χ0) is 10.2. The molecule has 0 atom stereocenters. The molecule has 0 fully saturated rings. The Balaban J connectivity index is 3.38. The van der Waals surface area contributed by atoms with Crippen molar-refractivity contribution in [2.75, 3.05) is 0 Å². The van der Waals surface area contributed by atoms with Gasteiger partial charge in [-0.1, -0.05) is 27.7 Å². The summed E-state index contributed by atoms with van der Waals surface area (Å²) >= 11 is 0. The topological polar surface area (TPSA) is 37.8 Å². The van der Waals surface area contributed by atoms with Crippen LogP contribution in [0.1, 0.15) is 50.8 Å². The van der Waals surface area contributed by atoms with Crippen molar-refractivity contribution in [1.29, 1.82) is 0 Å². The van der Waals surface area contributed by atoms with E-state index in [1.165, 1.54) is 0 Å². The molecule has 0 aliphatic rings. The lowest BCUT2D eigenvalue weighted by atomic mass is 9.98. The van der Waals surface area contributed by atoms with Crippen LogP contribution in [0.2, 0.25) is 0 Å². The number of aromatic nitrogens is 2. The quantitative estimate of drug-likeness (QED) is 0.746. The van der Waals surface area contributed by atoms with Crippen molar-refractivity contribution in [3.63, 3.8) is 0 Å². The van der Waals surface area contributed by atoms with Crippen LogP contribution in [0.15, 0.2) is 4.79 Å². The largest absolute Gasteiger partial charge is 0.292 e. The first-order chi connectivity index (χ1) is 5.95. The van der Waals surface area contributed by atoms with Crippen LogP contribution in [0.3, 0.4) is 0 Å². The molecule has 3 heteroatoms. The number of nitrogens with zero attached hydrogens (tertiary/aromatic N) is 1. The molecule has 1 heterocycles. The van der Waals surface area contributed by atoms with Crippen molar-refractivity contribution >= 4 is 0 Å². The molecule has 0 spiro atoms. The number of rotatable bonds is 2. The summed E-state index contributed by atoms with van der Waals surface area (Å²) in [7, 11) is 1.89. The Hall–Kier alpha value is -0.990. The Kier molecular flexibility index (Phi) is 2.64. The van der Waals surface area contributed by atoms with Crippen LogP contribution in [0.4, 0.5) is 0 Å². The number of hydrogen-bond acceptors (Lipinski definition) is 1. The lowest BCUT2D eigenvalue weighted by Crippen LogP contribution is -2.08. The summed E-state index contributed by atoms with van der Waals surface area (Å²) in [6, 6.07) is 0. The van der Waals surface area contributed by atoms with Crippen molar-refractivity contribution in [2.45, 2.75) is 39.5 Å². The molecule has 1 aromatic rings. The van der Waals surface area contributed by atoms with Crippen LogP contribution in [-0.2, 0) is 7.05 Å². The van der Waals surface area contributed by atoms with Crippen molar-refractivity contribution in [2.24, 2.45) is 7.05 Å². The standard InChI is InChI=1S/C10H18N2O/c1-6(2)8-9(7(3)4)12(5)11-10(8)13/h6-7H,1-5H3,(H,11,13). The predicted molar refractivity (Wildman–Crippen MR) is 54.2 cm³/mol. The molecule has 3 nitrogen and oxygen atoms in total. The molecule has 0 aliphatic heterocycles. The van der Waals surface area contributed by atoms with Gasteiger partial charge in [0.1, 0.15) is 0 Å². The van der Waals surface area contributed by atoms with Gasteiger partial charge in [-0.3, -0.25) is 14.6 Å². The van der Waals surface area contributed by atoms with Crippen molar-refractivity contribution in [1.82, 2.24) is 9.78 Å². The zero-order valence-corrected chi connectivity index (χ0v) is 9.01. The number of H-pyrrole nitrogens is 1. The molecule has 74 valence electrons. The Morgan fingerprint density at radius 1 is 1.15 bits per heavy atom. The van der Waals surface area contributed by atoms with Crippen molar-refractivity contribution in [3.05, 3.63) is 21.6 Å². The lowest BCUT2D eigenvalue weighted by molar-refractivity contribution is 0.656. The average molecular weight is 182 g/mol. The Morgan fingerprint density at radius 2 is 1.69 bits per heavy atom. The van der Waals surface area contributed by atoms with Gasteiger partial charge in [0.25, 0.3) is 5.56 Å². The van der Waals surface area contributed by atoms with Gasteiger partial charge >= 0.3 is 0 Å². The second-order valence-corrected chi connectivity index (χ2v) is 4.11. The van der Waals surface area contributed by atoms with Gasteiger partial charge in [0.2, 0.25) is 0 Å². The monoisotopic (exact) mass is 182 g/mol. The lowest BCUT2D eigenvalue weighted by Gasteiger charge is -2.10. The minimum atomic E-state index is 0.0567. The van der Waals surface area contributed by atoms with E-state index >= 15 is 0 Å². The molecule has 1 aromatic heterocycles. The van der Waals surface area contributed by atoms with E-state index in [2.05, 4.69) is 32.8 Å². The van der Waals surface area contributed by atoms with E-state index in [0.717, 1.165) is 11.3 Å². The van der Waals surface area contributed by atoms with Gasteiger partial charge in [-0.2, -0.15) is 0 Å². The van der Waals surface area contributed by atoms with E-state index in [1.54, 1.807) is 0 Å². The van der Waals surface area contributed by atoms with Crippen LogP contribution in [0.5, 0.6) is 0 Å². The molecular weight excluding hydrogens is 164 g/mol. The Morgan fingerprint density at radius 3 is 2.00 bits per heavy atom. The van der Waals surface area contributed by atoms with Crippen LogP contribution in [0, 0.1) is 0 Å². The zero-order valence-electron chi connectivity index (χ0n) is 9.01. The highest BCUT2D eigenvalue weighted by Gasteiger charge is 2.17. The minimum Gasteiger partial charge on any atom is -0.292 e. The van der Waals surface area contributed by atoms with Crippen molar-refractivity contribution < 1.29 is 0 Å². The summed E-state index contributed by atoms with van der Waals surface area (Å²) < 4.78 is 1.84. The summed E-state index contributed by atoms with van der Waals surface area (Å²) in [5.41, 5.74) is 2.11. The maximum Gasteiger partial charge on any atom is 0.267 e. The van der Waals surface area contributed by atoms with E-state index in [0.29, 0.717) is 11.8 Å². The molecule has 0 aliphatic carbocycles. The smallest absolute Gasteiger partial charge is 0.267 e. The van der Waals surface area contributed by atoms with Gasteiger partial charge in [0.15, 0.2) is 0 Å². The van der Waals surface area contributed by atoms with Crippen LogP contribution in [-0.4, -0.2) is 9.78 Å². The molecular formula is C10H18N2O. The predicted octanol–water partition coefficient (Wildman–Crippen LogP) is 1.96. The number of aryl methyl sites for hydroxylation is 1. The van der Waals surface area contributed by atoms with Crippen LogP contribution in [0.25, 0.3) is 0 Å². The molecule has 0 unspecified atom stereocenters. The van der Waals surface area contributed by atoms with Crippen LogP contribution >= 0.6 is 0 Å². The minimum absolute atomic E-state index is 0.0567. The molecule has 0 saturated heterocycles. The van der Waals surface area contributed by atoms with Gasteiger partial charge in [0, 0.05) is 18.3 Å². The van der Waals surface area contributed by atoms with E-state index in [1.807, 2.05) is 11.7 Å². The Bertz CT molecular complexity index is 344. The van der Waals surface area contributed by atoms with E-state index in [4.69, 9.17) is 0 Å². The summed E-state index contributed by atoms with van der Waals surface area (Å²) in [5, 5.41) is 2.80. The molecule has 1 N–H and O–H groups in total. The second kappa shape index (κ2) is 3.40. The normalized spacial score (nSPS) is 11.6. The van der Waals surface area contributed by atoms with Gasteiger partial charge in [-0.15, -0.1) is 0 Å². The van der Waals surface area contributed by atoms with E-state index < -0.39 is 0 Å². The highest BCUT2D eigenvalue weighted by Crippen LogP contribution is 2.21. The van der Waals surface area contributed by atoms with Gasteiger partial charge in [0.05, 0.1) is 0 Å². The average Bonchev–Trinajstić information content (AvgIpc) is 2.24. The van der Waals surface area contributed by atoms with E-state index in [-0.39, 0.29) is 5.56 Å². The number of hydrogen-bond donors (Lipinski definition) is 1. The molecule has 1 rings (SSSR count). The molecule has 0 bridgehead atoms. The molecule has 0 amide bonds. The number of aromatic amines is 1. The third-order valence-electron chi connectivity index (χ3n) is 2.28. The van der Waals surface area contributed by atoms with Gasteiger partial charge in [-0.05, 0) is 11.8 Å². The summed E-state index contributed by atoms with van der Waals surface area (Å²) in [5.74, 6) is 0.684. The molecule has 0 radical (unpaired) electrons. The SMILES string of the molecule is CC(C)c1c(C(C)C)n(C)[nH]c1=O. The van der Waals surface area contributed by atoms with Gasteiger partial charge < -0.3 is 0 Å². The van der Waals surface area contributed by atoms with Gasteiger partial charge in [-0.25, -0.2) is 0 Å². The first kappa shape index (κ1) is 10.1. The molecule has 13 heavy (non-hydrogen) atoms. The first-order valence-corrected chi connectivity index (χ1v) is 4.74. The maximum absolute atomic E-state index is 11.5. The highest BCUT2D eigenvalue weighted by molar-refractivity contribution is 5.24. The maximum atomic E-state index is 11.5. The summed E-state index contributed by atoms with van der Waals surface area (Å²) in [4.78, 5) is 11.5. The van der Waals surface area contributed by atoms with Crippen LogP contribution < -0.4 is 5.56 Å². The molecule has 0 aromatic carbocycles. The third-order valence-corrected chi connectivity index (χ3v) is 2.28. The fourth-order valence-electron chi connectivity index (χ4n) is 1.83. The Labute approximate surface area is 78.8 Å². The summed E-state index contributed by atoms with van der Waals surface area (Å²) in [6.07, 6.45) is 0. The molecule has 0 saturated carbocycles. The fraction of sp³-hybridized carbons (Fsp3) is 0.700. The van der Waals surface area contributed by atoms with Crippen molar-refractivity contribution in [3.8, 4) is 0 Å². The summed E-state index contributed by atoms with van der Waals surface area (Å²) in [6.45, 7) is 8.32. The fourth-order valence-corrected chi connectivity index (χ4v) is 1.83. The first-order valence-electron chi connectivity index (χ1n) is 4.74. The third kappa shape index (κ3) is 1.69. The highest BCUT2D eigenvalue weighted by atomic mass is 16.1. The van der Waals surface area contributed by atoms with E-state index in [9.17, 15) is 4.79 Å².